The van der Waals surface area contributed by atoms with E-state index < -0.39 is 0 Å². The Morgan fingerprint density at radius 3 is 2.53 bits per heavy atom. The minimum absolute atomic E-state index is 0.0867. The Morgan fingerprint density at radius 2 is 1.84 bits per heavy atom. The lowest BCUT2D eigenvalue weighted by atomic mass is 10.2. The van der Waals surface area contributed by atoms with Crippen LogP contribution in [0.25, 0.3) is 5.69 Å². The van der Waals surface area contributed by atoms with Crippen LogP contribution in [0.15, 0.2) is 72.0 Å². The largest absolute Gasteiger partial charge is 0.484 e. The van der Waals surface area contributed by atoms with Crippen LogP contribution in [0.5, 0.6) is 5.75 Å². The third-order valence-corrected chi connectivity index (χ3v) is 8.06. The first-order chi connectivity index (χ1) is 15.6. The summed E-state index contributed by atoms with van der Waals surface area (Å²) in [6, 6.07) is 20.1. The number of nitrogens with one attached hydrogen (secondary N) is 1. The molecule has 0 atom stereocenters. The van der Waals surface area contributed by atoms with E-state index in [1.165, 1.54) is 17.1 Å². The van der Waals surface area contributed by atoms with Crippen LogP contribution >= 0.6 is 23.5 Å². The zero-order valence-electron chi connectivity index (χ0n) is 18.1. The summed E-state index contributed by atoms with van der Waals surface area (Å²) in [4.78, 5) is 14.2. The molecule has 32 heavy (non-hydrogen) atoms. The van der Waals surface area contributed by atoms with Gasteiger partial charge in [-0.15, -0.1) is 23.5 Å². The minimum Gasteiger partial charge on any atom is -0.484 e. The van der Waals surface area contributed by atoms with Gasteiger partial charge in [-0.3, -0.25) is 4.79 Å². The van der Waals surface area contributed by atoms with E-state index in [9.17, 15) is 4.79 Å². The standard InChI is InChI=1S/C24H26N4O2S2/c1-27(2)19-7-9-20(10-8-19)28-13-3-4-21(28)16-25-26-23(29)17-30-22-11-5-18(6-12-22)24-31-14-15-32-24/h3-13,16,24H,14-15,17H2,1-2H3,(H,26,29)/b25-16-. The van der Waals surface area contributed by atoms with Crippen molar-refractivity contribution >= 4 is 41.3 Å². The Kier molecular flexibility index (Phi) is 7.44. The lowest BCUT2D eigenvalue weighted by Crippen LogP contribution is -2.24. The fourth-order valence-corrected chi connectivity index (χ4v) is 6.13. The quantitative estimate of drug-likeness (QED) is 0.390. The zero-order chi connectivity index (χ0) is 22.3. The molecule has 4 rings (SSSR count). The van der Waals surface area contributed by atoms with Gasteiger partial charge in [0.2, 0.25) is 0 Å². The van der Waals surface area contributed by atoms with Gasteiger partial charge in [0.1, 0.15) is 5.75 Å². The first-order valence-corrected chi connectivity index (χ1v) is 12.4. The normalized spacial score (nSPS) is 14.1. The van der Waals surface area contributed by atoms with Gasteiger partial charge < -0.3 is 14.2 Å². The summed E-state index contributed by atoms with van der Waals surface area (Å²) in [5.74, 6) is 2.76. The van der Waals surface area contributed by atoms with Crippen molar-refractivity contribution in [3.63, 3.8) is 0 Å². The van der Waals surface area contributed by atoms with E-state index in [0.29, 0.717) is 10.3 Å². The second-order valence-corrected chi connectivity index (χ2v) is 10.2. The van der Waals surface area contributed by atoms with Crippen LogP contribution in [0, 0.1) is 0 Å². The zero-order valence-corrected chi connectivity index (χ0v) is 19.7. The molecule has 1 aromatic heterocycles. The van der Waals surface area contributed by atoms with Crippen LogP contribution in [0.4, 0.5) is 5.69 Å². The van der Waals surface area contributed by atoms with Crippen molar-refractivity contribution in [1.82, 2.24) is 9.99 Å². The molecule has 0 saturated carbocycles. The van der Waals surface area contributed by atoms with Crippen LogP contribution < -0.4 is 15.1 Å². The van der Waals surface area contributed by atoms with E-state index in [1.807, 2.05) is 72.6 Å². The number of nitrogens with zero attached hydrogens (tertiary/aromatic N) is 3. The number of carbonyl (C=O) groups excluding carboxylic acids is 1. The first kappa shape index (κ1) is 22.4. The predicted molar refractivity (Wildman–Crippen MR) is 135 cm³/mol. The van der Waals surface area contributed by atoms with Gasteiger partial charge in [-0.05, 0) is 54.1 Å². The lowest BCUT2D eigenvalue weighted by Gasteiger charge is -2.13. The van der Waals surface area contributed by atoms with Crippen LogP contribution in [0.2, 0.25) is 0 Å². The lowest BCUT2D eigenvalue weighted by molar-refractivity contribution is -0.123. The van der Waals surface area contributed by atoms with Gasteiger partial charge in [0.25, 0.3) is 5.91 Å². The number of anilines is 1. The Morgan fingerprint density at radius 1 is 1.12 bits per heavy atom. The van der Waals surface area contributed by atoms with E-state index in [-0.39, 0.29) is 12.5 Å². The molecule has 0 radical (unpaired) electrons. The van der Waals surface area contributed by atoms with Gasteiger partial charge in [0.05, 0.1) is 16.5 Å². The van der Waals surface area contributed by atoms with Crippen molar-refractivity contribution in [2.24, 2.45) is 5.10 Å². The van der Waals surface area contributed by atoms with Gasteiger partial charge in [0.15, 0.2) is 6.61 Å². The van der Waals surface area contributed by atoms with Crippen LogP contribution in [0.3, 0.4) is 0 Å². The molecule has 2 heterocycles. The van der Waals surface area contributed by atoms with Gasteiger partial charge >= 0.3 is 0 Å². The van der Waals surface area contributed by atoms with Crippen molar-refractivity contribution in [1.29, 1.82) is 0 Å². The number of carbonyl (C=O) groups is 1. The van der Waals surface area contributed by atoms with Crippen molar-refractivity contribution in [2.45, 2.75) is 4.58 Å². The number of benzene rings is 2. The third kappa shape index (κ3) is 5.69. The minimum atomic E-state index is -0.305. The van der Waals surface area contributed by atoms with Crippen LogP contribution in [-0.2, 0) is 4.79 Å². The Hall–Kier alpha value is -2.84. The van der Waals surface area contributed by atoms with Crippen molar-refractivity contribution < 1.29 is 9.53 Å². The number of rotatable bonds is 8. The number of hydrazone groups is 1. The molecule has 6 nitrogen and oxygen atoms in total. The second-order valence-electron chi connectivity index (χ2n) is 7.44. The molecule has 3 aromatic rings. The summed E-state index contributed by atoms with van der Waals surface area (Å²) in [6.07, 6.45) is 3.59. The maximum absolute atomic E-state index is 12.1. The molecule has 8 heteroatoms. The van der Waals surface area contributed by atoms with E-state index >= 15 is 0 Å². The molecule has 0 bridgehead atoms. The van der Waals surface area contributed by atoms with Gasteiger partial charge in [0, 0.05) is 43.2 Å². The highest BCUT2D eigenvalue weighted by molar-refractivity contribution is 8.19. The molecule has 1 amide bonds. The molecular formula is C24H26N4O2S2. The number of thioether (sulfide) groups is 2. The van der Waals surface area contributed by atoms with Gasteiger partial charge in [-0.1, -0.05) is 12.1 Å². The monoisotopic (exact) mass is 466 g/mol. The Labute approximate surface area is 197 Å². The van der Waals surface area contributed by atoms with Crippen LogP contribution in [-0.4, -0.2) is 48.9 Å². The summed E-state index contributed by atoms with van der Waals surface area (Å²) < 4.78 is 8.10. The number of hydrogen-bond donors (Lipinski definition) is 1. The van der Waals surface area contributed by atoms with Crippen LogP contribution in [0.1, 0.15) is 15.8 Å². The molecule has 1 saturated heterocycles. The number of hydrogen-bond acceptors (Lipinski definition) is 6. The summed E-state index contributed by atoms with van der Waals surface area (Å²) in [5.41, 5.74) is 6.84. The molecule has 1 aliphatic rings. The molecular weight excluding hydrogens is 440 g/mol. The summed E-state index contributed by atoms with van der Waals surface area (Å²) in [7, 11) is 4.03. The molecule has 0 aliphatic carbocycles. The average Bonchev–Trinajstić information content (AvgIpc) is 3.51. The molecule has 1 aliphatic heterocycles. The summed E-state index contributed by atoms with van der Waals surface area (Å²) in [5, 5.41) is 4.09. The third-order valence-electron chi connectivity index (χ3n) is 4.95. The Balaban J connectivity index is 1.28. The van der Waals surface area contributed by atoms with E-state index in [0.717, 1.165) is 17.1 Å². The predicted octanol–water partition coefficient (Wildman–Crippen LogP) is 4.55. The van der Waals surface area contributed by atoms with E-state index in [2.05, 4.69) is 51.8 Å². The topological polar surface area (TPSA) is 58.9 Å². The maximum Gasteiger partial charge on any atom is 0.277 e. The van der Waals surface area contributed by atoms with Crippen molar-refractivity contribution in [3.8, 4) is 11.4 Å². The summed E-state index contributed by atoms with van der Waals surface area (Å²) >= 11 is 3.93. The fourth-order valence-electron chi connectivity index (χ4n) is 3.27. The highest BCUT2D eigenvalue weighted by Crippen LogP contribution is 2.45. The molecule has 166 valence electrons. The van der Waals surface area contributed by atoms with Gasteiger partial charge in [-0.2, -0.15) is 5.10 Å². The van der Waals surface area contributed by atoms with E-state index in [4.69, 9.17) is 4.74 Å². The smallest absolute Gasteiger partial charge is 0.277 e. The molecule has 1 N–H and O–H groups in total. The van der Waals surface area contributed by atoms with Gasteiger partial charge in [-0.25, -0.2) is 5.43 Å². The highest BCUT2D eigenvalue weighted by Gasteiger charge is 2.18. The van der Waals surface area contributed by atoms with Crippen molar-refractivity contribution in [2.75, 3.05) is 37.1 Å². The SMILES string of the molecule is CN(C)c1ccc(-n2cccc2/C=N\NC(=O)COc2ccc(C3SCCS3)cc2)cc1. The molecule has 0 spiro atoms. The number of aromatic nitrogens is 1. The Bertz CT molecular complexity index is 1060. The van der Waals surface area contributed by atoms with Crippen molar-refractivity contribution in [3.05, 3.63) is 78.1 Å². The number of amides is 1. The average molecular weight is 467 g/mol. The molecule has 2 aromatic carbocycles. The maximum atomic E-state index is 12.1. The summed E-state index contributed by atoms with van der Waals surface area (Å²) in [6.45, 7) is -0.0867. The second kappa shape index (κ2) is 10.7. The first-order valence-electron chi connectivity index (χ1n) is 10.3. The number of ether oxygens (including phenoxy) is 1. The molecule has 1 fully saturated rings. The van der Waals surface area contributed by atoms with E-state index in [1.54, 1.807) is 6.21 Å². The molecule has 0 unspecified atom stereocenters. The highest BCUT2D eigenvalue weighted by atomic mass is 32.2. The fraction of sp³-hybridized carbons (Fsp3) is 0.250.